The minimum Gasteiger partial charge on any atom is -0.391 e. The fraction of sp³-hybridized carbons (Fsp3) is 0.167. The van der Waals surface area contributed by atoms with Crippen LogP contribution in [0.4, 0.5) is 5.69 Å². The normalized spacial score (nSPS) is 11.5. The van der Waals surface area contributed by atoms with Gasteiger partial charge in [-0.1, -0.05) is 15.9 Å². The van der Waals surface area contributed by atoms with Gasteiger partial charge in [-0.05, 0) is 36.8 Å². The summed E-state index contributed by atoms with van der Waals surface area (Å²) >= 11 is 4.58. The number of halogens is 1. The van der Waals surface area contributed by atoms with Gasteiger partial charge >= 0.3 is 0 Å². The van der Waals surface area contributed by atoms with E-state index in [2.05, 4.69) is 20.7 Å². The number of benzene rings is 1. The Morgan fingerprint density at radius 2 is 2.11 bits per heavy atom. The Balaban J connectivity index is 2.28. The van der Waals surface area contributed by atoms with E-state index in [1.807, 2.05) is 6.92 Å². The van der Waals surface area contributed by atoms with Crippen molar-refractivity contribution < 1.29 is 13.5 Å². The summed E-state index contributed by atoms with van der Waals surface area (Å²) in [5, 5.41) is 10.5. The molecule has 102 valence electrons. The Morgan fingerprint density at radius 3 is 2.68 bits per heavy atom. The predicted molar refractivity (Wildman–Crippen MR) is 79.9 cm³/mol. The standard InChI is InChI=1S/C12H12BrNO3S2/c1-8-4-9(2-3-12(8)13)14-19(16,17)11-5-10(6-15)18-7-11/h2-5,7,14-15H,6H2,1H3. The topological polar surface area (TPSA) is 66.4 Å². The third kappa shape index (κ3) is 3.36. The summed E-state index contributed by atoms with van der Waals surface area (Å²) in [4.78, 5) is 0.787. The van der Waals surface area contributed by atoms with E-state index in [0.717, 1.165) is 10.0 Å². The number of aryl methyl sites for hydroxylation is 1. The van der Waals surface area contributed by atoms with Crippen LogP contribution in [0.1, 0.15) is 10.4 Å². The summed E-state index contributed by atoms with van der Waals surface area (Å²) < 4.78 is 27.7. The first-order valence-electron chi connectivity index (χ1n) is 5.39. The van der Waals surface area contributed by atoms with Crippen LogP contribution in [0.5, 0.6) is 0 Å². The van der Waals surface area contributed by atoms with Gasteiger partial charge in [0.15, 0.2) is 0 Å². The van der Waals surface area contributed by atoms with Gasteiger partial charge in [0, 0.05) is 20.4 Å². The Kier molecular flexibility index (Phi) is 4.29. The molecule has 0 radical (unpaired) electrons. The third-order valence-corrected chi connectivity index (χ3v) is 5.83. The molecule has 0 amide bonds. The molecule has 0 saturated carbocycles. The molecule has 2 rings (SSSR count). The molecule has 7 heteroatoms. The van der Waals surface area contributed by atoms with Crippen LogP contribution in [0.25, 0.3) is 0 Å². The number of aliphatic hydroxyl groups excluding tert-OH is 1. The largest absolute Gasteiger partial charge is 0.391 e. The van der Waals surface area contributed by atoms with Gasteiger partial charge in [-0.15, -0.1) is 11.3 Å². The summed E-state index contributed by atoms with van der Waals surface area (Å²) in [5.74, 6) is 0. The van der Waals surface area contributed by atoms with E-state index in [1.165, 1.54) is 22.8 Å². The first kappa shape index (κ1) is 14.5. The van der Waals surface area contributed by atoms with E-state index in [0.29, 0.717) is 10.6 Å². The highest BCUT2D eigenvalue weighted by Crippen LogP contribution is 2.24. The lowest BCUT2D eigenvalue weighted by atomic mass is 10.2. The number of sulfonamides is 1. The van der Waals surface area contributed by atoms with Gasteiger partial charge in [-0.2, -0.15) is 0 Å². The summed E-state index contributed by atoms with van der Waals surface area (Å²) in [6, 6.07) is 6.70. The molecule has 4 nitrogen and oxygen atoms in total. The van der Waals surface area contributed by atoms with E-state index in [1.54, 1.807) is 18.2 Å². The van der Waals surface area contributed by atoms with Gasteiger partial charge in [0.1, 0.15) is 0 Å². The molecule has 19 heavy (non-hydrogen) atoms. The minimum atomic E-state index is -3.60. The van der Waals surface area contributed by atoms with Gasteiger partial charge < -0.3 is 5.11 Å². The number of rotatable bonds is 4. The van der Waals surface area contributed by atoms with Crippen molar-refractivity contribution in [3.8, 4) is 0 Å². The smallest absolute Gasteiger partial charge is 0.262 e. The lowest BCUT2D eigenvalue weighted by molar-refractivity contribution is 0.285. The van der Waals surface area contributed by atoms with Crippen LogP contribution in [-0.4, -0.2) is 13.5 Å². The van der Waals surface area contributed by atoms with Crippen molar-refractivity contribution in [1.29, 1.82) is 0 Å². The number of thiophene rings is 1. The van der Waals surface area contributed by atoms with Gasteiger partial charge in [0.05, 0.1) is 11.5 Å². The van der Waals surface area contributed by atoms with Gasteiger partial charge in [-0.3, -0.25) is 4.72 Å². The first-order chi connectivity index (χ1) is 8.92. The van der Waals surface area contributed by atoms with Gasteiger partial charge in [0.2, 0.25) is 0 Å². The Morgan fingerprint density at radius 1 is 1.37 bits per heavy atom. The van der Waals surface area contributed by atoms with Crippen molar-refractivity contribution in [2.45, 2.75) is 18.4 Å². The van der Waals surface area contributed by atoms with E-state index in [9.17, 15) is 8.42 Å². The Hall–Kier alpha value is -0.890. The van der Waals surface area contributed by atoms with E-state index < -0.39 is 10.0 Å². The van der Waals surface area contributed by atoms with Crippen molar-refractivity contribution in [3.05, 3.63) is 44.6 Å². The maximum absolute atomic E-state index is 12.1. The molecule has 1 aromatic carbocycles. The Bertz CT molecular complexity index is 695. The van der Waals surface area contributed by atoms with Crippen molar-refractivity contribution in [1.82, 2.24) is 0 Å². The van der Waals surface area contributed by atoms with E-state index >= 15 is 0 Å². The molecular weight excluding hydrogens is 350 g/mol. The van der Waals surface area contributed by atoms with Crippen molar-refractivity contribution in [2.24, 2.45) is 0 Å². The second-order valence-corrected chi connectivity index (χ2v) is 7.51. The Labute approximate surface area is 124 Å². The fourth-order valence-corrected chi connectivity index (χ4v) is 3.94. The summed E-state index contributed by atoms with van der Waals surface area (Å²) in [7, 11) is -3.60. The second kappa shape index (κ2) is 5.62. The van der Waals surface area contributed by atoms with Crippen molar-refractivity contribution >= 4 is 43.0 Å². The molecule has 2 aromatic rings. The maximum atomic E-state index is 12.1. The molecule has 0 aliphatic rings. The first-order valence-corrected chi connectivity index (χ1v) is 8.55. The molecular formula is C12H12BrNO3S2. The monoisotopic (exact) mass is 361 g/mol. The highest BCUT2D eigenvalue weighted by molar-refractivity contribution is 9.10. The maximum Gasteiger partial charge on any atom is 0.262 e. The van der Waals surface area contributed by atoms with Crippen LogP contribution in [0.15, 0.2) is 39.0 Å². The predicted octanol–water partition coefficient (Wildman–Crippen LogP) is 3.11. The van der Waals surface area contributed by atoms with Crippen molar-refractivity contribution in [2.75, 3.05) is 4.72 Å². The molecule has 1 aromatic heterocycles. The van der Waals surface area contributed by atoms with Crippen LogP contribution >= 0.6 is 27.3 Å². The zero-order chi connectivity index (χ0) is 14.0. The molecule has 0 spiro atoms. The van der Waals surface area contributed by atoms with Crippen LogP contribution in [0, 0.1) is 6.92 Å². The zero-order valence-electron chi connectivity index (χ0n) is 10.1. The fourth-order valence-electron chi connectivity index (χ4n) is 1.51. The molecule has 2 N–H and O–H groups in total. The third-order valence-electron chi connectivity index (χ3n) is 2.51. The molecule has 0 bridgehead atoms. The van der Waals surface area contributed by atoms with Crippen LogP contribution < -0.4 is 4.72 Å². The molecule has 0 saturated heterocycles. The summed E-state index contributed by atoms with van der Waals surface area (Å²) in [6.45, 7) is 1.73. The number of aliphatic hydroxyl groups is 1. The molecule has 0 fully saturated rings. The second-order valence-electron chi connectivity index (χ2n) is 3.98. The molecule has 0 unspecified atom stereocenters. The molecule has 1 heterocycles. The quantitative estimate of drug-likeness (QED) is 0.878. The lowest BCUT2D eigenvalue weighted by Gasteiger charge is -2.08. The van der Waals surface area contributed by atoms with E-state index in [4.69, 9.17) is 5.11 Å². The molecule has 0 atom stereocenters. The molecule has 0 aliphatic heterocycles. The molecule has 0 aliphatic carbocycles. The highest BCUT2D eigenvalue weighted by Gasteiger charge is 2.16. The van der Waals surface area contributed by atoms with Gasteiger partial charge in [0.25, 0.3) is 10.0 Å². The van der Waals surface area contributed by atoms with Crippen LogP contribution in [0.2, 0.25) is 0 Å². The number of hydrogen-bond acceptors (Lipinski definition) is 4. The minimum absolute atomic E-state index is 0.155. The highest BCUT2D eigenvalue weighted by atomic mass is 79.9. The lowest BCUT2D eigenvalue weighted by Crippen LogP contribution is -2.12. The van der Waals surface area contributed by atoms with Crippen molar-refractivity contribution in [3.63, 3.8) is 0 Å². The van der Waals surface area contributed by atoms with Crippen LogP contribution in [-0.2, 0) is 16.6 Å². The number of anilines is 1. The average Bonchev–Trinajstić information content (AvgIpc) is 2.83. The number of hydrogen-bond donors (Lipinski definition) is 2. The van der Waals surface area contributed by atoms with Crippen LogP contribution in [0.3, 0.4) is 0 Å². The zero-order valence-corrected chi connectivity index (χ0v) is 13.3. The number of nitrogens with one attached hydrogen (secondary N) is 1. The SMILES string of the molecule is Cc1cc(NS(=O)(=O)c2csc(CO)c2)ccc1Br. The summed E-state index contributed by atoms with van der Waals surface area (Å²) in [5.41, 5.74) is 1.46. The summed E-state index contributed by atoms with van der Waals surface area (Å²) in [6.07, 6.45) is 0. The average molecular weight is 362 g/mol. The van der Waals surface area contributed by atoms with Gasteiger partial charge in [-0.25, -0.2) is 8.42 Å². The van der Waals surface area contributed by atoms with E-state index in [-0.39, 0.29) is 11.5 Å².